The molecule has 62 heavy (non-hydrogen) atoms. The van der Waals surface area contributed by atoms with Gasteiger partial charge in [-0.1, -0.05) is 182 Å². The zero-order chi connectivity index (χ0) is 40.9. The van der Waals surface area contributed by atoms with Gasteiger partial charge in [0, 0.05) is 33.8 Å². The molecule has 4 aliphatic rings. The molecule has 6 aromatic carbocycles. The van der Waals surface area contributed by atoms with Gasteiger partial charge >= 0.3 is 0 Å². The molecule has 5 heteroatoms. The van der Waals surface area contributed by atoms with E-state index in [9.17, 15) is 0 Å². The van der Waals surface area contributed by atoms with E-state index in [1.807, 2.05) is 18.3 Å². The summed E-state index contributed by atoms with van der Waals surface area (Å²) in [6, 6.07) is 50.0. The molecular formula is C57H38N3PS. The Morgan fingerprint density at radius 1 is 0.645 bits per heavy atom. The van der Waals surface area contributed by atoms with Gasteiger partial charge in [0.05, 0.1) is 28.0 Å². The normalized spacial score (nSPS) is 16.8. The van der Waals surface area contributed by atoms with Crippen LogP contribution in [0.4, 0.5) is 0 Å². The molecule has 3 aromatic heterocycles. The van der Waals surface area contributed by atoms with Crippen LogP contribution < -0.4 is 16.0 Å². The zero-order valence-electron chi connectivity index (χ0n) is 33.7. The number of benzene rings is 6. The first-order valence-corrected chi connectivity index (χ1v) is 24.2. The highest BCUT2D eigenvalue weighted by Gasteiger charge is 2.34. The summed E-state index contributed by atoms with van der Waals surface area (Å²) >= 11 is 6.59. The van der Waals surface area contributed by atoms with Crippen molar-refractivity contribution in [2.24, 2.45) is 5.92 Å². The number of aromatic nitrogens is 3. The fourth-order valence-corrected chi connectivity index (χ4v) is 14.0. The molecule has 1 unspecified atom stereocenters. The van der Waals surface area contributed by atoms with E-state index in [4.69, 9.17) is 21.8 Å². The number of hydrogen-bond acceptors (Lipinski definition) is 3. The van der Waals surface area contributed by atoms with Gasteiger partial charge in [-0.2, -0.15) is 0 Å². The van der Waals surface area contributed by atoms with Gasteiger partial charge in [-0.3, -0.25) is 9.38 Å². The van der Waals surface area contributed by atoms with Gasteiger partial charge in [0.2, 0.25) is 0 Å². The topological polar surface area (TPSA) is 30.2 Å². The first kappa shape index (κ1) is 35.8. The summed E-state index contributed by atoms with van der Waals surface area (Å²) in [6.07, 6.45) is 22.5. The van der Waals surface area contributed by atoms with Crippen molar-refractivity contribution in [2.45, 2.75) is 12.8 Å². The number of fused-ring (bicyclic) bond motifs is 10. The molecule has 4 aliphatic carbocycles. The van der Waals surface area contributed by atoms with Crippen LogP contribution in [0.5, 0.6) is 0 Å². The Morgan fingerprint density at radius 2 is 1.42 bits per heavy atom. The zero-order valence-corrected chi connectivity index (χ0v) is 35.5. The van der Waals surface area contributed by atoms with Crippen LogP contribution in [-0.4, -0.2) is 14.4 Å². The first-order chi connectivity index (χ1) is 30.6. The summed E-state index contributed by atoms with van der Waals surface area (Å²) in [5.74, 6) is 0.319. The summed E-state index contributed by atoms with van der Waals surface area (Å²) in [6.45, 7) is 0. The fourth-order valence-electron chi connectivity index (χ4n) is 10.5. The van der Waals surface area contributed by atoms with E-state index < -0.39 is 6.04 Å². The van der Waals surface area contributed by atoms with Crippen molar-refractivity contribution in [2.75, 3.05) is 0 Å². The van der Waals surface area contributed by atoms with Crippen LogP contribution in [-0.2, 0) is 18.2 Å². The highest BCUT2D eigenvalue weighted by molar-refractivity contribution is 8.25. The predicted molar refractivity (Wildman–Crippen MR) is 264 cm³/mol. The van der Waals surface area contributed by atoms with Crippen molar-refractivity contribution >= 4 is 83.0 Å². The third kappa shape index (κ3) is 5.34. The molecule has 9 aromatic rings. The molecule has 0 bridgehead atoms. The quantitative estimate of drug-likeness (QED) is 0.124. The fraction of sp³-hybridized carbons (Fsp3) is 0.0526. The van der Waals surface area contributed by atoms with E-state index in [0.717, 1.165) is 62.1 Å². The molecule has 0 saturated heterocycles. The lowest BCUT2D eigenvalue weighted by Crippen LogP contribution is -2.26. The van der Waals surface area contributed by atoms with Gasteiger partial charge in [-0.15, -0.1) is 0 Å². The number of hydrogen-bond donors (Lipinski definition) is 0. The predicted octanol–water partition coefficient (Wildman–Crippen LogP) is 12.5. The van der Waals surface area contributed by atoms with Crippen molar-refractivity contribution in [3.8, 4) is 11.1 Å². The maximum Gasteiger partial charge on any atom is 0.146 e. The molecular weight excluding hydrogens is 790 g/mol. The average molecular weight is 828 g/mol. The Morgan fingerprint density at radius 3 is 2.23 bits per heavy atom. The van der Waals surface area contributed by atoms with Crippen LogP contribution in [0.3, 0.4) is 0 Å². The second-order valence-corrected chi connectivity index (χ2v) is 21.2. The Kier molecular flexibility index (Phi) is 7.94. The van der Waals surface area contributed by atoms with Crippen LogP contribution in [0.1, 0.15) is 12.0 Å². The standard InChI is InChI=1S/C57H38N3PS/c62-61(44-12-3-1-4-13-44,45-14-5-2-6-15-45)53-31-26-43(35-58-53)40-24-28-47-42(34-40)25-29-49-48-16-7-8-17-50(48)57-59-51-30-18-36(33-52(51)60(57)56(47)49)32-41-22-21-39-20-19-37-10-9-11-38-23-27-46(41)55(39)54(37)38/h1-10,12-31,33-35,55H,11,32H2. The van der Waals surface area contributed by atoms with E-state index >= 15 is 0 Å². The number of pyridine rings is 2. The molecule has 3 nitrogen and oxygen atoms in total. The van der Waals surface area contributed by atoms with Gasteiger partial charge in [-0.25, -0.2) is 4.98 Å². The molecule has 0 radical (unpaired) electrons. The smallest absolute Gasteiger partial charge is 0.146 e. The Labute approximate surface area is 364 Å². The van der Waals surface area contributed by atoms with Crippen molar-refractivity contribution in [1.82, 2.24) is 14.4 Å². The molecule has 1 atom stereocenters. The van der Waals surface area contributed by atoms with Crippen LogP contribution in [0.15, 0.2) is 234 Å². The Bertz CT molecular complexity index is 3650. The van der Waals surface area contributed by atoms with Crippen molar-refractivity contribution < 1.29 is 0 Å². The van der Waals surface area contributed by atoms with Crippen molar-refractivity contribution in [3.05, 3.63) is 239 Å². The Balaban J connectivity index is 0.929. The minimum absolute atomic E-state index is 0.319. The summed E-state index contributed by atoms with van der Waals surface area (Å²) in [5, 5.41) is 8.24. The monoisotopic (exact) mass is 827 g/mol. The molecule has 0 saturated carbocycles. The number of imidazole rings is 1. The van der Waals surface area contributed by atoms with Crippen molar-refractivity contribution in [1.29, 1.82) is 0 Å². The molecule has 292 valence electrons. The van der Waals surface area contributed by atoms with E-state index in [-0.39, 0.29) is 0 Å². The lowest BCUT2D eigenvalue weighted by Gasteiger charge is -2.37. The van der Waals surface area contributed by atoms with E-state index in [2.05, 4.69) is 186 Å². The first-order valence-electron chi connectivity index (χ1n) is 21.4. The van der Waals surface area contributed by atoms with Gasteiger partial charge in [0.1, 0.15) is 5.65 Å². The molecule has 0 amide bonds. The third-order valence-electron chi connectivity index (χ3n) is 13.4. The second-order valence-electron chi connectivity index (χ2n) is 16.8. The van der Waals surface area contributed by atoms with E-state index in [0.29, 0.717) is 5.92 Å². The molecule has 3 heterocycles. The Hall–Kier alpha value is -6.97. The largest absolute Gasteiger partial charge is 0.291 e. The highest BCUT2D eigenvalue weighted by atomic mass is 32.4. The lowest BCUT2D eigenvalue weighted by molar-refractivity contribution is 0.806. The van der Waals surface area contributed by atoms with Gasteiger partial charge in [0.15, 0.2) is 0 Å². The average Bonchev–Trinajstić information content (AvgIpc) is 3.73. The number of nitrogens with zero attached hydrogens (tertiary/aromatic N) is 3. The van der Waals surface area contributed by atoms with Crippen molar-refractivity contribution in [3.63, 3.8) is 0 Å². The van der Waals surface area contributed by atoms with Crippen LogP contribution in [0.2, 0.25) is 0 Å². The molecule has 0 N–H and O–H groups in total. The maximum atomic E-state index is 6.59. The van der Waals surface area contributed by atoms with Gasteiger partial charge < -0.3 is 0 Å². The number of rotatable bonds is 6. The summed E-state index contributed by atoms with van der Waals surface area (Å²) in [5.41, 5.74) is 17.2. The maximum absolute atomic E-state index is 6.59. The van der Waals surface area contributed by atoms with E-state index in [1.54, 1.807) is 0 Å². The van der Waals surface area contributed by atoms with Crippen LogP contribution >= 0.6 is 6.04 Å². The number of allylic oxidation sites excluding steroid dienone is 14. The molecule has 13 rings (SSSR count). The minimum atomic E-state index is -2.34. The van der Waals surface area contributed by atoms with E-state index in [1.165, 1.54) is 66.1 Å². The summed E-state index contributed by atoms with van der Waals surface area (Å²) in [7, 11) is 0. The highest BCUT2D eigenvalue weighted by Crippen LogP contribution is 2.49. The third-order valence-corrected chi connectivity index (χ3v) is 18.2. The SMILES string of the molecule is S=P(c1ccccc1)(c1ccccc1)c1ccc(-c2ccc3c(ccc4c5ccccc5c5nc6ccc(CC7=CC=C8C=CC9=C%10C(=CC=C7C8%10)CC=C9)cc6n5c34)c2)cn1. The molecule has 0 fully saturated rings. The molecule has 0 aliphatic heterocycles. The summed E-state index contributed by atoms with van der Waals surface area (Å²) in [4.78, 5) is 10.5. The van der Waals surface area contributed by atoms with Crippen LogP contribution in [0, 0.1) is 5.92 Å². The second kappa shape index (κ2) is 13.8. The summed E-state index contributed by atoms with van der Waals surface area (Å²) < 4.78 is 2.43. The van der Waals surface area contributed by atoms with Crippen LogP contribution in [0.25, 0.3) is 60.3 Å². The minimum Gasteiger partial charge on any atom is -0.291 e. The van der Waals surface area contributed by atoms with Gasteiger partial charge in [0.25, 0.3) is 0 Å². The van der Waals surface area contributed by atoms with Gasteiger partial charge in [-0.05, 0) is 103 Å². The molecule has 0 spiro atoms. The lowest BCUT2D eigenvalue weighted by atomic mass is 9.66.